The maximum atomic E-state index is 13.4. The summed E-state index contributed by atoms with van der Waals surface area (Å²) in [6.07, 6.45) is 0. The topological polar surface area (TPSA) is 43.8 Å². The van der Waals surface area contributed by atoms with Crippen LogP contribution in [0.15, 0.2) is 18.2 Å². The van der Waals surface area contributed by atoms with Crippen LogP contribution in [0.2, 0.25) is 0 Å². The molecule has 1 heterocycles. The van der Waals surface area contributed by atoms with Gasteiger partial charge in [0.05, 0.1) is 6.61 Å². The summed E-state index contributed by atoms with van der Waals surface area (Å²) in [6.45, 7) is 4.07. The number of nitrogens with zero attached hydrogens (tertiary/aromatic N) is 2. The van der Waals surface area contributed by atoms with Gasteiger partial charge in [0.15, 0.2) is 0 Å². The Bertz CT molecular complexity index is 443. The van der Waals surface area contributed by atoms with E-state index in [9.17, 15) is 9.18 Å². The fourth-order valence-electron chi connectivity index (χ4n) is 2.19. The maximum Gasteiger partial charge on any atom is 0.219 e. The molecule has 1 amide bonds. The number of hydrogen-bond donors (Lipinski definition) is 1. The van der Waals surface area contributed by atoms with Crippen LogP contribution in [-0.4, -0.2) is 42.1 Å². The molecule has 1 N–H and O–H groups in total. The minimum atomic E-state index is -0.342. The van der Waals surface area contributed by atoms with Gasteiger partial charge in [0.25, 0.3) is 0 Å². The Kier molecular flexibility index (Phi) is 3.81. The van der Waals surface area contributed by atoms with Gasteiger partial charge in [0, 0.05) is 38.8 Å². The number of halogens is 1. The highest BCUT2D eigenvalue weighted by Crippen LogP contribution is 2.20. The summed E-state index contributed by atoms with van der Waals surface area (Å²) in [4.78, 5) is 15.0. The molecule has 1 aliphatic heterocycles. The molecule has 0 bridgehead atoms. The van der Waals surface area contributed by atoms with Gasteiger partial charge >= 0.3 is 0 Å². The number of aliphatic hydroxyl groups excluding tert-OH is 1. The first kappa shape index (κ1) is 12.8. The number of piperazine rings is 1. The van der Waals surface area contributed by atoms with Gasteiger partial charge in [0.2, 0.25) is 5.91 Å². The number of benzene rings is 1. The van der Waals surface area contributed by atoms with Crippen LogP contribution in [0.5, 0.6) is 0 Å². The van der Waals surface area contributed by atoms with Crippen molar-refractivity contribution < 1.29 is 14.3 Å². The van der Waals surface area contributed by atoms with Crippen molar-refractivity contribution in [3.05, 3.63) is 29.6 Å². The molecule has 0 aromatic heterocycles. The van der Waals surface area contributed by atoms with Crippen LogP contribution in [0.4, 0.5) is 10.1 Å². The molecule has 0 saturated carbocycles. The largest absolute Gasteiger partial charge is 0.392 e. The van der Waals surface area contributed by atoms with E-state index < -0.39 is 0 Å². The minimum absolute atomic E-state index is 0.0740. The highest BCUT2D eigenvalue weighted by molar-refractivity contribution is 5.73. The van der Waals surface area contributed by atoms with Crippen molar-refractivity contribution in [3.8, 4) is 0 Å². The Morgan fingerprint density at radius 3 is 2.50 bits per heavy atom. The second kappa shape index (κ2) is 5.35. The molecule has 2 rings (SSSR count). The van der Waals surface area contributed by atoms with Crippen molar-refractivity contribution in [1.29, 1.82) is 0 Å². The minimum Gasteiger partial charge on any atom is -0.392 e. The number of amides is 1. The van der Waals surface area contributed by atoms with Crippen LogP contribution in [-0.2, 0) is 11.4 Å². The fourth-order valence-corrected chi connectivity index (χ4v) is 2.19. The van der Waals surface area contributed by atoms with Crippen LogP contribution in [0.25, 0.3) is 0 Å². The second-order valence-electron chi connectivity index (χ2n) is 4.47. The zero-order valence-electron chi connectivity index (χ0n) is 10.4. The van der Waals surface area contributed by atoms with Crippen molar-refractivity contribution in [2.75, 3.05) is 31.1 Å². The SMILES string of the molecule is CC(=O)N1CCN(c2cc(F)cc(CO)c2)CC1. The lowest BCUT2D eigenvalue weighted by Crippen LogP contribution is -2.48. The van der Waals surface area contributed by atoms with Crippen molar-refractivity contribution in [2.24, 2.45) is 0 Å². The van der Waals surface area contributed by atoms with Gasteiger partial charge in [-0.2, -0.15) is 0 Å². The highest BCUT2D eigenvalue weighted by Gasteiger charge is 2.19. The lowest BCUT2D eigenvalue weighted by atomic mass is 10.1. The first-order valence-corrected chi connectivity index (χ1v) is 6.01. The maximum absolute atomic E-state index is 13.4. The van der Waals surface area contributed by atoms with Gasteiger partial charge in [-0.15, -0.1) is 0 Å². The second-order valence-corrected chi connectivity index (χ2v) is 4.47. The van der Waals surface area contributed by atoms with Gasteiger partial charge in [0.1, 0.15) is 5.82 Å². The third-order valence-electron chi connectivity index (χ3n) is 3.22. The van der Waals surface area contributed by atoms with E-state index in [-0.39, 0.29) is 18.3 Å². The molecule has 1 saturated heterocycles. The van der Waals surface area contributed by atoms with Gasteiger partial charge < -0.3 is 14.9 Å². The van der Waals surface area contributed by atoms with E-state index in [1.165, 1.54) is 12.1 Å². The van der Waals surface area contributed by atoms with Crippen LogP contribution in [0, 0.1) is 5.82 Å². The predicted octanol–water partition coefficient (Wildman–Crippen LogP) is 0.987. The van der Waals surface area contributed by atoms with Crippen LogP contribution in [0.1, 0.15) is 12.5 Å². The predicted molar refractivity (Wildman–Crippen MR) is 66.8 cm³/mol. The third-order valence-corrected chi connectivity index (χ3v) is 3.22. The van der Waals surface area contributed by atoms with Gasteiger partial charge in [-0.3, -0.25) is 4.79 Å². The lowest BCUT2D eigenvalue weighted by Gasteiger charge is -2.35. The van der Waals surface area contributed by atoms with Crippen LogP contribution in [0.3, 0.4) is 0 Å². The summed E-state index contributed by atoms with van der Waals surface area (Å²) in [6, 6.07) is 4.57. The summed E-state index contributed by atoms with van der Waals surface area (Å²) >= 11 is 0. The number of carbonyl (C=O) groups excluding carboxylic acids is 1. The Balaban J connectivity index is 2.09. The molecule has 1 aliphatic rings. The molecule has 1 fully saturated rings. The highest BCUT2D eigenvalue weighted by atomic mass is 19.1. The van der Waals surface area contributed by atoms with Crippen molar-refractivity contribution in [3.63, 3.8) is 0 Å². The summed E-state index contributed by atoms with van der Waals surface area (Å²) in [5.41, 5.74) is 1.33. The molecule has 98 valence electrons. The van der Waals surface area contributed by atoms with E-state index in [2.05, 4.69) is 0 Å². The van der Waals surface area contributed by atoms with Crippen LogP contribution >= 0.6 is 0 Å². The first-order chi connectivity index (χ1) is 8.60. The van der Waals surface area contributed by atoms with E-state index in [0.29, 0.717) is 31.7 Å². The summed E-state index contributed by atoms with van der Waals surface area (Å²) in [5, 5.41) is 9.06. The van der Waals surface area contributed by atoms with E-state index in [0.717, 1.165) is 5.69 Å². The zero-order valence-corrected chi connectivity index (χ0v) is 10.4. The molecular formula is C13H17FN2O2. The number of hydrogen-bond acceptors (Lipinski definition) is 3. The molecular weight excluding hydrogens is 235 g/mol. The third kappa shape index (κ3) is 2.79. The van der Waals surface area contributed by atoms with E-state index in [1.807, 2.05) is 4.90 Å². The standard InChI is InChI=1S/C13H17FN2O2/c1-10(18)15-2-4-16(5-3-15)13-7-11(9-17)6-12(14)8-13/h6-8,17H,2-5,9H2,1H3. The quantitative estimate of drug-likeness (QED) is 0.853. The first-order valence-electron chi connectivity index (χ1n) is 6.01. The summed E-state index contributed by atoms with van der Waals surface area (Å²) < 4.78 is 13.4. The van der Waals surface area contributed by atoms with E-state index in [1.54, 1.807) is 17.9 Å². The average Bonchev–Trinajstić information content (AvgIpc) is 2.38. The number of anilines is 1. The summed E-state index contributed by atoms with van der Waals surface area (Å²) in [5.74, 6) is -0.268. The van der Waals surface area contributed by atoms with Crippen molar-refractivity contribution in [2.45, 2.75) is 13.5 Å². The molecule has 4 nitrogen and oxygen atoms in total. The Morgan fingerprint density at radius 1 is 1.28 bits per heavy atom. The molecule has 0 radical (unpaired) electrons. The smallest absolute Gasteiger partial charge is 0.219 e. The molecule has 0 atom stereocenters. The van der Waals surface area contributed by atoms with E-state index >= 15 is 0 Å². The summed E-state index contributed by atoms with van der Waals surface area (Å²) in [7, 11) is 0. The Labute approximate surface area is 106 Å². The molecule has 0 spiro atoms. The number of aliphatic hydroxyl groups is 1. The van der Waals surface area contributed by atoms with Crippen molar-refractivity contribution in [1.82, 2.24) is 4.90 Å². The average molecular weight is 252 g/mol. The Morgan fingerprint density at radius 2 is 1.94 bits per heavy atom. The molecule has 1 aromatic rings. The number of carbonyl (C=O) groups is 1. The molecule has 0 unspecified atom stereocenters. The van der Waals surface area contributed by atoms with Crippen molar-refractivity contribution >= 4 is 11.6 Å². The Hall–Kier alpha value is -1.62. The molecule has 0 aliphatic carbocycles. The molecule has 5 heteroatoms. The molecule has 18 heavy (non-hydrogen) atoms. The lowest BCUT2D eigenvalue weighted by molar-refractivity contribution is -0.129. The van der Waals surface area contributed by atoms with Gasteiger partial charge in [-0.05, 0) is 23.8 Å². The zero-order chi connectivity index (χ0) is 13.1. The number of rotatable bonds is 2. The monoisotopic (exact) mass is 252 g/mol. The van der Waals surface area contributed by atoms with Gasteiger partial charge in [-0.25, -0.2) is 4.39 Å². The fraction of sp³-hybridized carbons (Fsp3) is 0.462. The van der Waals surface area contributed by atoms with Crippen LogP contribution < -0.4 is 4.90 Å². The van der Waals surface area contributed by atoms with Gasteiger partial charge in [-0.1, -0.05) is 0 Å². The molecule has 1 aromatic carbocycles. The van der Waals surface area contributed by atoms with E-state index in [4.69, 9.17) is 5.11 Å². The normalized spacial score (nSPS) is 15.9.